The van der Waals surface area contributed by atoms with Gasteiger partial charge in [-0.05, 0) is 48.9 Å². The van der Waals surface area contributed by atoms with Crippen molar-refractivity contribution in [1.82, 2.24) is 9.88 Å². The Labute approximate surface area is 144 Å². The number of aromatic amines is 1. The molecule has 0 amide bonds. The first-order valence-corrected chi connectivity index (χ1v) is 11.0. The average Bonchev–Trinajstić information content (AvgIpc) is 2.92. The largest absolute Gasteiger partial charge is 0.361 e. The van der Waals surface area contributed by atoms with E-state index in [1.165, 1.54) is 28.3 Å². The summed E-state index contributed by atoms with van der Waals surface area (Å²) in [4.78, 5) is 5.97. The molecule has 1 saturated heterocycles. The molecule has 1 N–H and O–H groups in total. The summed E-state index contributed by atoms with van der Waals surface area (Å²) >= 11 is 0. The molecule has 2 heterocycles. The third-order valence-electron chi connectivity index (χ3n) is 5.71. The van der Waals surface area contributed by atoms with Crippen LogP contribution in [0.5, 0.6) is 0 Å². The lowest BCUT2D eigenvalue weighted by Gasteiger charge is -2.47. The highest BCUT2D eigenvalue weighted by atomic mass is 32.2. The van der Waals surface area contributed by atoms with Crippen molar-refractivity contribution in [2.75, 3.05) is 25.1 Å². The second-order valence-corrected chi connectivity index (χ2v) is 9.84. The quantitative estimate of drug-likeness (QED) is 0.926. The van der Waals surface area contributed by atoms with Crippen molar-refractivity contribution in [3.05, 3.63) is 35.5 Å². The molecular weight excluding hydrogens is 320 g/mol. The van der Waals surface area contributed by atoms with Crippen LogP contribution in [-0.2, 0) is 16.3 Å². The van der Waals surface area contributed by atoms with Crippen LogP contribution >= 0.6 is 0 Å². The number of nitrogens with one attached hydrogen (secondary N) is 1. The van der Waals surface area contributed by atoms with Crippen molar-refractivity contribution in [2.24, 2.45) is 5.92 Å². The second-order valence-electron chi connectivity index (χ2n) is 7.65. The van der Waals surface area contributed by atoms with Gasteiger partial charge in [0.25, 0.3) is 0 Å². The molecule has 1 aromatic carbocycles. The monoisotopic (exact) mass is 346 g/mol. The summed E-state index contributed by atoms with van der Waals surface area (Å²) in [5.41, 5.74) is 4.05. The molecule has 4 nitrogen and oxygen atoms in total. The van der Waals surface area contributed by atoms with Crippen LogP contribution < -0.4 is 0 Å². The Kier molecular flexibility index (Phi) is 3.96. The van der Waals surface area contributed by atoms with Crippen molar-refractivity contribution < 1.29 is 8.42 Å². The Hall–Kier alpha value is -1.33. The van der Waals surface area contributed by atoms with Crippen LogP contribution in [0.2, 0.25) is 0 Å². The molecule has 1 aliphatic carbocycles. The highest BCUT2D eigenvalue weighted by Crippen LogP contribution is 2.44. The molecule has 0 spiro atoms. The van der Waals surface area contributed by atoms with Crippen LogP contribution in [0.1, 0.15) is 36.8 Å². The van der Waals surface area contributed by atoms with Gasteiger partial charge in [0.15, 0.2) is 0 Å². The minimum absolute atomic E-state index is 0.239. The van der Waals surface area contributed by atoms with Gasteiger partial charge in [-0.1, -0.05) is 19.1 Å². The molecule has 2 aromatic rings. The molecule has 130 valence electrons. The molecule has 1 aliphatic heterocycles. The van der Waals surface area contributed by atoms with Gasteiger partial charge in [0, 0.05) is 41.9 Å². The van der Waals surface area contributed by atoms with E-state index in [4.69, 9.17) is 0 Å². The van der Waals surface area contributed by atoms with Crippen LogP contribution in [-0.4, -0.2) is 49.4 Å². The molecule has 4 rings (SSSR count). The van der Waals surface area contributed by atoms with Gasteiger partial charge >= 0.3 is 0 Å². The third kappa shape index (κ3) is 2.78. The predicted molar refractivity (Wildman–Crippen MR) is 98.2 cm³/mol. The van der Waals surface area contributed by atoms with E-state index in [0.29, 0.717) is 17.7 Å². The van der Waals surface area contributed by atoms with Crippen LogP contribution in [0.4, 0.5) is 0 Å². The lowest BCUT2D eigenvalue weighted by atomic mass is 9.72. The number of benzene rings is 1. The number of aromatic nitrogens is 1. The number of H-pyrrole nitrogens is 1. The van der Waals surface area contributed by atoms with E-state index < -0.39 is 9.84 Å². The predicted octanol–water partition coefficient (Wildman–Crippen LogP) is 2.95. The van der Waals surface area contributed by atoms with Crippen LogP contribution in [0.25, 0.3) is 10.9 Å². The van der Waals surface area contributed by atoms with Crippen LogP contribution in [0.15, 0.2) is 24.4 Å². The van der Waals surface area contributed by atoms with E-state index >= 15 is 0 Å². The summed E-state index contributed by atoms with van der Waals surface area (Å²) in [6.45, 7) is 4.18. The summed E-state index contributed by atoms with van der Waals surface area (Å²) in [5.74, 6) is 1.000. The summed E-state index contributed by atoms with van der Waals surface area (Å²) in [6, 6.07) is 7.03. The highest BCUT2D eigenvalue weighted by molar-refractivity contribution is 7.90. The topological polar surface area (TPSA) is 53.2 Å². The standard InChI is InChI=1S/C19H26N2O2S/c1-3-7-21-11-13(12-24(2,22)23)8-16-15-5-4-6-17-19(15)14(10-20-17)9-18(16)21/h4-6,10,13,16,18,20H,3,7-9,11-12H2,1-2H3/t13?,16-,18-/m1/s1. The van der Waals surface area contributed by atoms with Crippen molar-refractivity contribution in [3.63, 3.8) is 0 Å². The fraction of sp³-hybridized carbons (Fsp3) is 0.579. The van der Waals surface area contributed by atoms with E-state index in [9.17, 15) is 8.42 Å². The number of hydrogen-bond donors (Lipinski definition) is 1. The second kappa shape index (κ2) is 5.88. The number of hydrogen-bond acceptors (Lipinski definition) is 3. The Morgan fingerprint density at radius 3 is 2.92 bits per heavy atom. The Bertz CT molecular complexity index is 855. The molecule has 5 heteroatoms. The van der Waals surface area contributed by atoms with Gasteiger partial charge in [0.1, 0.15) is 9.84 Å². The maximum atomic E-state index is 11.8. The number of likely N-dealkylation sites (tertiary alicyclic amines) is 1. The Morgan fingerprint density at radius 2 is 2.17 bits per heavy atom. The lowest BCUT2D eigenvalue weighted by Crippen LogP contribution is -2.51. The van der Waals surface area contributed by atoms with Gasteiger partial charge in [-0.2, -0.15) is 0 Å². The minimum atomic E-state index is -2.93. The highest BCUT2D eigenvalue weighted by Gasteiger charge is 2.41. The van der Waals surface area contributed by atoms with Gasteiger partial charge in [-0.3, -0.25) is 4.90 Å². The number of fused-ring (bicyclic) bond motifs is 2. The smallest absolute Gasteiger partial charge is 0.147 e. The number of piperidine rings is 1. The molecule has 24 heavy (non-hydrogen) atoms. The first kappa shape index (κ1) is 16.2. The maximum Gasteiger partial charge on any atom is 0.147 e. The number of sulfone groups is 1. The van der Waals surface area contributed by atoms with Gasteiger partial charge in [0.05, 0.1) is 5.75 Å². The van der Waals surface area contributed by atoms with Crippen molar-refractivity contribution in [1.29, 1.82) is 0 Å². The molecule has 0 radical (unpaired) electrons. The van der Waals surface area contributed by atoms with Crippen molar-refractivity contribution >= 4 is 20.7 Å². The third-order valence-corrected chi connectivity index (χ3v) is 6.79. The fourth-order valence-corrected chi connectivity index (χ4v) is 6.09. The molecule has 2 aliphatic rings. The number of rotatable bonds is 4. The van der Waals surface area contributed by atoms with E-state index in [2.05, 4.69) is 41.2 Å². The summed E-state index contributed by atoms with van der Waals surface area (Å²) in [5, 5.41) is 1.38. The van der Waals surface area contributed by atoms with Crippen LogP contribution in [0.3, 0.4) is 0 Å². The van der Waals surface area contributed by atoms with E-state index in [1.807, 2.05) is 0 Å². The zero-order valence-corrected chi connectivity index (χ0v) is 15.3. The van der Waals surface area contributed by atoms with Crippen LogP contribution in [0, 0.1) is 5.92 Å². The Morgan fingerprint density at radius 1 is 1.33 bits per heavy atom. The van der Waals surface area contributed by atoms with Crippen molar-refractivity contribution in [3.8, 4) is 0 Å². The first-order valence-electron chi connectivity index (χ1n) is 8.97. The fourth-order valence-electron chi connectivity index (χ4n) is 4.99. The molecule has 1 fully saturated rings. The molecule has 0 saturated carbocycles. The average molecular weight is 346 g/mol. The normalized spacial score (nSPS) is 27.3. The summed E-state index contributed by atoms with van der Waals surface area (Å²) in [7, 11) is -2.93. The van der Waals surface area contributed by atoms with E-state index in [0.717, 1.165) is 32.4 Å². The summed E-state index contributed by atoms with van der Waals surface area (Å²) < 4.78 is 23.7. The Balaban J connectivity index is 1.74. The van der Waals surface area contributed by atoms with Gasteiger partial charge < -0.3 is 4.98 Å². The molecule has 3 atom stereocenters. The van der Waals surface area contributed by atoms with Gasteiger partial charge in [0.2, 0.25) is 0 Å². The lowest BCUT2D eigenvalue weighted by molar-refractivity contribution is 0.0920. The molecule has 1 aromatic heterocycles. The van der Waals surface area contributed by atoms with Gasteiger partial charge in [-0.25, -0.2) is 8.42 Å². The maximum absolute atomic E-state index is 11.8. The minimum Gasteiger partial charge on any atom is -0.361 e. The molecule has 1 unspecified atom stereocenters. The zero-order valence-electron chi connectivity index (χ0n) is 14.5. The SMILES string of the molecule is CCCN1CC(CS(C)(=O)=O)C[C@@H]2c3cccc4[nH]cc(c34)C[C@H]21. The molecular formula is C19H26N2O2S. The van der Waals surface area contributed by atoms with Gasteiger partial charge in [-0.15, -0.1) is 0 Å². The van der Waals surface area contributed by atoms with E-state index in [-0.39, 0.29) is 5.92 Å². The first-order chi connectivity index (χ1) is 11.5. The summed E-state index contributed by atoms with van der Waals surface area (Å²) in [6.07, 6.45) is 6.71. The molecule has 0 bridgehead atoms. The number of nitrogens with zero attached hydrogens (tertiary/aromatic N) is 1. The van der Waals surface area contributed by atoms with Crippen molar-refractivity contribution in [2.45, 2.75) is 38.1 Å². The zero-order chi connectivity index (χ0) is 16.9. The van der Waals surface area contributed by atoms with E-state index in [1.54, 1.807) is 0 Å².